The molecule has 4 nitrogen and oxygen atoms in total. The molecule has 1 saturated carbocycles. The Hall–Kier alpha value is -1.16. The van der Waals surface area contributed by atoms with Crippen molar-refractivity contribution >= 4 is 5.82 Å². The van der Waals surface area contributed by atoms with E-state index in [4.69, 9.17) is 5.73 Å². The lowest BCUT2D eigenvalue weighted by atomic mass is 10.2. The fourth-order valence-electron chi connectivity index (χ4n) is 1.92. The summed E-state index contributed by atoms with van der Waals surface area (Å²) >= 11 is 0. The summed E-state index contributed by atoms with van der Waals surface area (Å²) < 4.78 is 0. The van der Waals surface area contributed by atoms with Crippen LogP contribution in [0.4, 0.5) is 5.82 Å². The normalized spacial score (nSPS) is 23.9. The first-order chi connectivity index (χ1) is 7.22. The van der Waals surface area contributed by atoms with Crippen LogP contribution in [0.1, 0.15) is 18.9 Å². The van der Waals surface area contributed by atoms with E-state index in [1.807, 2.05) is 6.07 Å². The average molecular weight is 206 g/mol. The Morgan fingerprint density at radius 3 is 2.93 bits per heavy atom. The van der Waals surface area contributed by atoms with Gasteiger partial charge in [0.05, 0.1) is 6.20 Å². The van der Waals surface area contributed by atoms with Crippen LogP contribution in [0.2, 0.25) is 0 Å². The molecule has 0 amide bonds. The van der Waals surface area contributed by atoms with Gasteiger partial charge in [-0.15, -0.1) is 5.10 Å². The van der Waals surface area contributed by atoms with Crippen molar-refractivity contribution in [2.45, 2.75) is 19.9 Å². The van der Waals surface area contributed by atoms with Crippen molar-refractivity contribution in [3.8, 4) is 0 Å². The van der Waals surface area contributed by atoms with E-state index < -0.39 is 0 Å². The predicted molar refractivity (Wildman–Crippen MR) is 60.5 cm³/mol. The molecule has 2 atom stereocenters. The van der Waals surface area contributed by atoms with Gasteiger partial charge in [-0.25, -0.2) is 0 Å². The Bertz CT molecular complexity index is 339. The van der Waals surface area contributed by atoms with E-state index in [9.17, 15) is 0 Å². The Kier molecular flexibility index (Phi) is 2.86. The molecule has 2 rings (SSSR count). The van der Waals surface area contributed by atoms with Crippen LogP contribution in [0, 0.1) is 11.8 Å². The first kappa shape index (κ1) is 10.4. The lowest BCUT2D eigenvalue weighted by Gasteiger charge is -2.19. The molecule has 1 aliphatic carbocycles. The SMILES string of the molecule is CC1CC1CN(C)c1nnccc1CN. The monoisotopic (exact) mass is 206 g/mol. The lowest BCUT2D eigenvalue weighted by Crippen LogP contribution is -2.24. The third kappa shape index (κ3) is 2.26. The Morgan fingerprint density at radius 1 is 1.60 bits per heavy atom. The van der Waals surface area contributed by atoms with E-state index in [1.54, 1.807) is 6.20 Å². The van der Waals surface area contributed by atoms with Gasteiger partial charge in [-0.3, -0.25) is 0 Å². The molecule has 1 aliphatic rings. The van der Waals surface area contributed by atoms with Crippen LogP contribution in [-0.2, 0) is 6.54 Å². The number of rotatable bonds is 4. The maximum Gasteiger partial charge on any atom is 0.155 e. The maximum atomic E-state index is 5.67. The fourth-order valence-corrected chi connectivity index (χ4v) is 1.92. The van der Waals surface area contributed by atoms with E-state index in [0.717, 1.165) is 29.8 Å². The highest BCUT2D eigenvalue weighted by atomic mass is 15.2. The van der Waals surface area contributed by atoms with Crippen molar-refractivity contribution in [3.05, 3.63) is 17.8 Å². The van der Waals surface area contributed by atoms with Crippen LogP contribution in [0.5, 0.6) is 0 Å². The third-order valence-electron chi connectivity index (χ3n) is 3.15. The van der Waals surface area contributed by atoms with Crippen molar-refractivity contribution in [3.63, 3.8) is 0 Å². The smallest absolute Gasteiger partial charge is 0.155 e. The summed E-state index contributed by atoms with van der Waals surface area (Å²) in [5.74, 6) is 2.62. The van der Waals surface area contributed by atoms with Gasteiger partial charge >= 0.3 is 0 Å². The quantitative estimate of drug-likeness (QED) is 0.799. The number of nitrogens with zero attached hydrogens (tertiary/aromatic N) is 3. The van der Waals surface area contributed by atoms with Crippen molar-refractivity contribution in [1.82, 2.24) is 10.2 Å². The summed E-state index contributed by atoms with van der Waals surface area (Å²) in [5.41, 5.74) is 6.74. The molecule has 0 spiro atoms. The van der Waals surface area contributed by atoms with Crippen molar-refractivity contribution in [1.29, 1.82) is 0 Å². The second-order valence-corrected chi connectivity index (χ2v) is 4.44. The topological polar surface area (TPSA) is 55.0 Å². The van der Waals surface area contributed by atoms with Crippen LogP contribution in [-0.4, -0.2) is 23.8 Å². The minimum absolute atomic E-state index is 0.523. The van der Waals surface area contributed by atoms with Gasteiger partial charge in [0.15, 0.2) is 5.82 Å². The number of anilines is 1. The van der Waals surface area contributed by atoms with Crippen LogP contribution < -0.4 is 10.6 Å². The van der Waals surface area contributed by atoms with Gasteiger partial charge in [0.25, 0.3) is 0 Å². The second kappa shape index (κ2) is 4.14. The zero-order valence-corrected chi connectivity index (χ0v) is 9.35. The van der Waals surface area contributed by atoms with Crippen LogP contribution in [0.25, 0.3) is 0 Å². The molecule has 1 fully saturated rings. The molecule has 1 aromatic rings. The molecular formula is C11H18N4. The molecule has 82 valence electrons. The largest absolute Gasteiger partial charge is 0.358 e. The maximum absolute atomic E-state index is 5.67. The highest BCUT2D eigenvalue weighted by Gasteiger charge is 2.33. The van der Waals surface area contributed by atoms with Crippen molar-refractivity contribution < 1.29 is 0 Å². The molecule has 0 aromatic carbocycles. The van der Waals surface area contributed by atoms with E-state index >= 15 is 0 Å². The van der Waals surface area contributed by atoms with Gasteiger partial charge in [-0.05, 0) is 24.3 Å². The summed E-state index contributed by atoms with van der Waals surface area (Å²) in [6.07, 6.45) is 3.03. The highest BCUT2D eigenvalue weighted by molar-refractivity contribution is 5.44. The summed E-state index contributed by atoms with van der Waals surface area (Å²) in [5, 5.41) is 8.07. The van der Waals surface area contributed by atoms with Gasteiger partial charge in [0, 0.05) is 25.7 Å². The standard InChI is InChI=1S/C11H18N4/c1-8-5-10(8)7-15(2)11-9(6-12)3-4-13-14-11/h3-4,8,10H,5-7,12H2,1-2H3. The first-order valence-electron chi connectivity index (χ1n) is 5.44. The summed E-state index contributed by atoms with van der Waals surface area (Å²) in [4.78, 5) is 2.17. The Labute approximate surface area is 90.5 Å². The molecule has 1 aromatic heterocycles. The number of hydrogen-bond acceptors (Lipinski definition) is 4. The van der Waals surface area contributed by atoms with Gasteiger partial charge in [-0.1, -0.05) is 6.92 Å². The lowest BCUT2D eigenvalue weighted by molar-refractivity contribution is 0.710. The molecule has 1 heterocycles. The molecule has 0 saturated heterocycles. The van der Waals surface area contributed by atoms with E-state index in [2.05, 4.69) is 29.1 Å². The van der Waals surface area contributed by atoms with Crippen LogP contribution >= 0.6 is 0 Å². The van der Waals surface area contributed by atoms with Gasteiger partial charge in [0.2, 0.25) is 0 Å². The summed E-state index contributed by atoms with van der Waals surface area (Å²) in [7, 11) is 2.06. The van der Waals surface area contributed by atoms with E-state index in [1.165, 1.54) is 6.42 Å². The van der Waals surface area contributed by atoms with Crippen molar-refractivity contribution in [2.75, 3.05) is 18.5 Å². The van der Waals surface area contributed by atoms with E-state index in [-0.39, 0.29) is 0 Å². The number of nitrogens with two attached hydrogens (primary N) is 1. The van der Waals surface area contributed by atoms with Crippen LogP contribution in [0.3, 0.4) is 0 Å². The minimum Gasteiger partial charge on any atom is -0.358 e. The molecule has 0 aliphatic heterocycles. The zero-order chi connectivity index (χ0) is 10.8. The third-order valence-corrected chi connectivity index (χ3v) is 3.15. The molecule has 2 unspecified atom stereocenters. The molecule has 0 radical (unpaired) electrons. The molecular weight excluding hydrogens is 188 g/mol. The van der Waals surface area contributed by atoms with Gasteiger partial charge in [0.1, 0.15) is 0 Å². The van der Waals surface area contributed by atoms with E-state index in [0.29, 0.717) is 6.54 Å². The molecule has 4 heteroatoms. The summed E-state index contributed by atoms with van der Waals surface area (Å²) in [6, 6.07) is 1.94. The van der Waals surface area contributed by atoms with Crippen LogP contribution in [0.15, 0.2) is 12.3 Å². The van der Waals surface area contributed by atoms with Gasteiger partial charge in [-0.2, -0.15) is 5.10 Å². The Balaban J connectivity index is 2.06. The highest BCUT2D eigenvalue weighted by Crippen LogP contribution is 2.38. The predicted octanol–water partition coefficient (Wildman–Crippen LogP) is 1.03. The second-order valence-electron chi connectivity index (χ2n) is 4.44. The van der Waals surface area contributed by atoms with Gasteiger partial charge < -0.3 is 10.6 Å². The minimum atomic E-state index is 0.523. The number of aromatic nitrogens is 2. The van der Waals surface area contributed by atoms with Crippen molar-refractivity contribution in [2.24, 2.45) is 17.6 Å². The Morgan fingerprint density at radius 2 is 2.33 bits per heavy atom. The molecule has 0 bridgehead atoms. The number of hydrogen-bond donors (Lipinski definition) is 1. The fraction of sp³-hybridized carbons (Fsp3) is 0.636. The first-order valence-corrected chi connectivity index (χ1v) is 5.44. The summed E-state index contributed by atoms with van der Waals surface area (Å²) in [6.45, 7) is 3.88. The molecule has 15 heavy (non-hydrogen) atoms. The zero-order valence-electron chi connectivity index (χ0n) is 9.35. The molecule has 2 N–H and O–H groups in total. The average Bonchev–Trinajstić information content (AvgIpc) is 2.94.